The SMILES string of the molecule is Cc1ccc(S(=O)(=O)N2CCCC(C(=O)Nc3nnc(-c4cccc(C)c4)o3)C2)cc1. The lowest BCUT2D eigenvalue weighted by molar-refractivity contribution is -0.121. The van der Waals surface area contributed by atoms with Crippen molar-refractivity contribution in [2.24, 2.45) is 5.92 Å². The van der Waals surface area contributed by atoms with Gasteiger partial charge >= 0.3 is 6.01 Å². The standard InChI is InChI=1S/C22H24N4O4S/c1-15-8-10-19(11-9-15)31(28,29)26-12-4-7-18(14-26)20(27)23-22-25-24-21(30-22)17-6-3-5-16(2)13-17/h3,5-6,8-11,13,18H,4,7,12,14H2,1-2H3,(H,23,25,27). The largest absolute Gasteiger partial charge is 0.403 e. The van der Waals surface area contributed by atoms with Gasteiger partial charge in [0.15, 0.2) is 0 Å². The van der Waals surface area contributed by atoms with Crippen LogP contribution in [0.3, 0.4) is 0 Å². The number of carbonyl (C=O) groups is 1. The molecular formula is C22H24N4O4S. The molecule has 1 saturated heterocycles. The Morgan fingerprint density at radius 1 is 1.10 bits per heavy atom. The van der Waals surface area contributed by atoms with Crippen molar-refractivity contribution in [1.29, 1.82) is 0 Å². The molecule has 2 aromatic carbocycles. The monoisotopic (exact) mass is 440 g/mol. The summed E-state index contributed by atoms with van der Waals surface area (Å²) < 4.78 is 32.9. The molecular weight excluding hydrogens is 416 g/mol. The minimum absolute atomic E-state index is 0.0000197. The van der Waals surface area contributed by atoms with Crippen molar-refractivity contribution in [3.05, 3.63) is 59.7 Å². The predicted octanol–water partition coefficient (Wildman–Crippen LogP) is 3.39. The number of nitrogens with zero attached hydrogens (tertiary/aromatic N) is 3. The summed E-state index contributed by atoms with van der Waals surface area (Å²) in [6, 6.07) is 14.3. The molecule has 1 aromatic heterocycles. The molecule has 8 nitrogen and oxygen atoms in total. The molecule has 1 unspecified atom stereocenters. The maximum atomic E-state index is 13.0. The molecule has 1 fully saturated rings. The van der Waals surface area contributed by atoms with E-state index in [9.17, 15) is 13.2 Å². The van der Waals surface area contributed by atoms with Gasteiger partial charge < -0.3 is 4.42 Å². The van der Waals surface area contributed by atoms with E-state index in [1.54, 1.807) is 24.3 Å². The molecule has 162 valence electrons. The molecule has 2 heterocycles. The fourth-order valence-corrected chi connectivity index (χ4v) is 5.13. The number of aromatic nitrogens is 2. The first kappa shape index (κ1) is 21.2. The molecule has 1 aliphatic rings. The van der Waals surface area contributed by atoms with Crippen LogP contribution in [0.25, 0.3) is 11.5 Å². The van der Waals surface area contributed by atoms with Crippen molar-refractivity contribution in [2.75, 3.05) is 18.4 Å². The molecule has 0 spiro atoms. The van der Waals surface area contributed by atoms with Gasteiger partial charge in [0.05, 0.1) is 10.8 Å². The number of benzene rings is 2. The van der Waals surface area contributed by atoms with Gasteiger partial charge in [-0.1, -0.05) is 40.5 Å². The zero-order valence-corrected chi connectivity index (χ0v) is 18.2. The predicted molar refractivity (Wildman–Crippen MR) is 116 cm³/mol. The van der Waals surface area contributed by atoms with Gasteiger partial charge in [0, 0.05) is 18.7 Å². The van der Waals surface area contributed by atoms with Gasteiger partial charge in [-0.15, -0.1) is 5.10 Å². The number of anilines is 1. The lowest BCUT2D eigenvalue weighted by Crippen LogP contribution is -2.43. The van der Waals surface area contributed by atoms with E-state index in [0.717, 1.165) is 16.7 Å². The number of hydrogen-bond donors (Lipinski definition) is 1. The van der Waals surface area contributed by atoms with Crippen LogP contribution in [0.2, 0.25) is 0 Å². The summed E-state index contributed by atoms with van der Waals surface area (Å²) in [6.07, 6.45) is 1.19. The van der Waals surface area contributed by atoms with E-state index in [2.05, 4.69) is 15.5 Å². The highest BCUT2D eigenvalue weighted by Crippen LogP contribution is 2.26. The Balaban J connectivity index is 1.44. The Labute approximate surface area is 181 Å². The fraction of sp³-hybridized carbons (Fsp3) is 0.318. The quantitative estimate of drug-likeness (QED) is 0.652. The third-order valence-corrected chi connectivity index (χ3v) is 7.21. The van der Waals surface area contributed by atoms with Gasteiger partial charge in [-0.25, -0.2) is 8.42 Å². The van der Waals surface area contributed by atoms with Crippen molar-refractivity contribution in [1.82, 2.24) is 14.5 Å². The zero-order valence-electron chi connectivity index (χ0n) is 17.4. The van der Waals surface area contributed by atoms with E-state index in [-0.39, 0.29) is 23.4 Å². The Morgan fingerprint density at radius 2 is 1.87 bits per heavy atom. The fourth-order valence-electron chi connectivity index (χ4n) is 3.61. The summed E-state index contributed by atoms with van der Waals surface area (Å²) in [7, 11) is -3.65. The molecule has 0 saturated carbocycles. The van der Waals surface area contributed by atoms with Crippen molar-refractivity contribution < 1.29 is 17.6 Å². The topological polar surface area (TPSA) is 105 Å². The van der Waals surface area contributed by atoms with Crippen LogP contribution in [0.1, 0.15) is 24.0 Å². The van der Waals surface area contributed by atoms with E-state index in [1.807, 2.05) is 38.1 Å². The second kappa shape index (κ2) is 8.60. The van der Waals surface area contributed by atoms with Gasteiger partial charge in [-0.05, 0) is 51.0 Å². The zero-order chi connectivity index (χ0) is 22.0. The number of piperidine rings is 1. The summed E-state index contributed by atoms with van der Waals surface area (Å²) in [5, 5.41) is 10.5. The van der Waals surface area contributed by atoms with Crippen molar-refractivity contribution in [3.8, 4) is 11.5 Å². The van der Waals surface area contributed by atoms with Gasteiger partial charge in [0.1, 0.15) is 0 Å². The Hall–Kier alpha value is -3.04. The highest BCUT2D eigenvalue weighted by Gasteiger charge is 2.33. The molecule has 0 bridgehead atoms. The molecule has 4 rings (SSSR count). The normalized spacial score (nSPS) is 17.4. The summed E-state index contributed by atoms with van der Waals surface area (Å²) in [4.78, 5) is 13.0. The maximum absolute atomic E-state index is 13.0. The summed E-state index contributed by atoms with van der Waals surface area (Å²) in [5.41, 5.74) is 2.80. The summed E-state index contributed by atoms with van der Waals surface area (Å²) >= 11 is 0. The number of nitrogens with one attached hydrogen (secondary N) is 1. The third kappa shape index (κ3) is 4.67. The lowest BCUT2D eigenvalue weighted by Gasteiger charge is -2.30. The van der Waals surface area contributed by atoms with Crippen molar-refractivity contribution in [3.63, 3.8) is 0 Å². The van der Waals surface area contributed by atoms with Crippen molar-refractivity contribution >= 4 is 21.9 Å². The van der Waals surface area contributed by atoms with Crippen LogP contribution in [-0.2, 0) is 14.8 Å². The van der Waals surface area contributed by atoms with Gasteiger partial charge in [-0.2, -0.15) is 4.31 Å². The lowest BCUT2D eigenvalue weighted by atomic mass is 9.99. The number of hydrogen-bond acceptors (Lipinski definition) is 6. The Morgan fingerprint density at radius 3 is 2.61 bits per heavy atom. The number of amides is 1. The van der Waals surface area contributed by atoms with Gasteiger partial charge in [-0.3, -0.25) is 10.1 Å². The molecule has 9 heteroatoms. The molecule has 0 radical (unpaired) electrons. The number of sulfonamides is 1. The first-order valence-electron chi connectivity index (χ1n) is 10.1. The molecule has 31 heavy (non-hydrogen) atoms. The number of carbonyl (C=O) groups excluding carboxylic acids is 1. The van der Waals surface area contributed by atoms with E-state index in [0.29, 0.717) is 25.3 Å². The third-order valence-electron chi connectivity index (χ3n) is 5.33. The van der Waals surface area contributed by atoms with Crippen molar-refractivity contribution in [2.45, 2.75) is 31.6 Å². The van der Waals surface area contributed by atoms with E-state index in [4.69, 9.17) is 4.42 Å². The van der Waals surface area contributed by atoms with Crippen LogP contribution in [0.15, 0.2) is 57.8 Å². The van der Waals surface area contributed by atoms with Gasteiger partial charge in [0.25, 0.3) is 0 Å². The summed E-state index contributed by atoms with van der Waals surface area (Å²) in [5.74, 6) is -0.516. The molecule has 1 aliphatic heterocycles. The Bertz CT molecular complexity index is 1190. The smallest absolute Gasteiger partial charge is 0.322 e. The minimum Gasteiger partial charge on any atom is -0.403 e. The summed E-state index contributed by atoms with van der Waals surface area (Å²) in [6.45, 7) is 4.36. The Kier molecular flexibility index (Phi) is 5.88. The van der Waals surface area contributed by atoms with Crippen LogP contribution >= 0.6 is 0 Å². The van der Waals surface area contributed by atoms with E-state index < -0.39 is 15.9 Å². The van der Waals surface area contributed by atoms with Crippen LogP contribution in [0, 0.1) is 19.8 Å². The first-order chi connectivity index (χ1) is 14.8. The molecule has 1 amide bonds. The second-order valence-corrected chi connectivity index (χ2v) is 9.72. The number of rotatable bonds is 5. The van der Waals surface area contributed by atoms with Gasteiger partial charge in [0.2, 0.25) is 21.8 Å². The maximum Gasteiger partial charge on any atom is 0.322 e. The highest BCUT2D eigenvalue weighted by molar-refractivity contribution is 7.89. The van der Waals surface area contributed by atoms with E-state index >= 15 is 0 Å². The second-order valence-electron chi connectivity index (χ2n) is 7.79. The average molecular weight is 441 g/mol. The highest BCUT2D eigenvalue weighted by atomic mass is 32.2. The minimum atomic E-state index is -3.65. The van der Waals surface area contributed by atoms with Crippen LogP contribution < -0.4 is 5.32 Å². The molecule has 0 aliphatic carbocycles. The van der Waals surface area contributed by atoms with Crippen LogP contribution in [-0.4, -0.2) is 41.9 Å². The van der Waals surface area contributed by atoms with Crippen LogP contribution in [0.5, 0.6) is 0 Å². The first-order valence-corrected chi connectivity index (χ1v) is 11.6. The average Bonchev–Trinajstić information content (AvgIpc) is 3.23. The molecule has 1 N–H and O–H groups in total. The molecule has 1 atom stereocenters. The van der Waals surface area contributed by atoms with Crippen LogP contribution in [0.4, 0.5) is 6.01 Å². The van der Waals surface area contributed by atoms with E-state index in [1.165, 1.54) is 4.31 Å². The number of aryl methyl sites for hydroxylation is 2. The molecule has 3 aromatic rings.